The van der Waals surface area contributed by atoms with Gasteiger partial charge < -0.3 is 0 Å². The molecular formula is C17H18IO3-. The van der Waals surface area contributed by atoms with Crippen LogP contribution in [0.15, 0.2) is 54.6 Å². The van der Waals surface area contributed by atoms with Gasteiger partial charge in [0.25, 0.3) is 0 Å². The van der Waals surface area contributed by atoms with E-state index in [1.807, 2.05) is 51.1 Å². The van der Waals surface area contributed by atoms with E-state index >= 15 is 0 Å². The van der Waals surface area contributed by atoms with E-state index < -0.39 is 11.8 Å². The molecule has 112 valence electrons. The number of ether oxygens (including phenoxy) is 2. The van der Waals surface area contributed by atoms with Crippen molar-refractivity contribution in [3.8, 4) is 5.75 Å². The van der Waals surface area contributed by atoms with Crippen LogP contribution in [0.5, 0.6) is 5.75 Å². The second kappa shape index (κ2) is 6.93. The fraction of sp³-hybridized carbons (Fsp3) is 0.235. The van der Waals surface area contributed by atoms with Gasteiger partial charge in [-0.3, -0.25) is 0 Å². The van der Waals surface area contributed by atoms with E-state index in [2.05, 4.69) is 18.2 Å². The molecule has 0 saturated carbocycles. The van der Waals surface area contributed by atoms with Crippen molar-refractivity contribution in [1.29, 1.82) is 0 Å². The molecule has 0 radical (unpaired) electrons. The predicted octanol–water partition coefficient (Wildman–Crippen LogP) is 1.13. The van der Waals surface area contributed by atoms with Crippen LogP contribution in [0, 0.1) is 7.14 Å². The minimum absolute atomic E-state index is 0.274. The fourth-order valence-electron chi connectivity index (χ4n) is 1.56. The molecule has 0 aromatic heterocycles. The summed E-state index contributed by atoms with van der Waals surface area (Å²) in [5.74, 6) is 0.525. The molecule has 0 aliphatic rings. The monoisotopic (exact) mass is 397 g/mol. The fourth-order valence-corrected chi connectivity index (χ4v) is 3.90. The van der Waals surface area contributed by atoms with Gasteiger partial charge in [0.1, 0.15) is 0 Å². The van der Waals surface area contributed by atoms with E-state index in [4.69, 9.17) is 9.47 Å². The molecule has 0 aliphatic heterocycles. The first kappa shape index (κ1) is 15.8. The molecule has 2 rings (SSSR count). The number of carbonyl (C=O) groups is 1. The zero-order valence-corrected chi connectivity index (χ0v) is 14.5. The molecule has 4 heteroatoms. The van der Waals surface area contributed by atoms with Crippen molar-refractivity contribution >= 4 is 6.16 Å². The first-order valence-corrected chi connectivity index (χ1v) is 8.79. The summed E-state index contributed by atoms with van der Waals surface area (Å²) in [4.78, 5) is 11.7. The van der Waals surface area contributed by atoms with E-state index in [-0.39, 0.29) is 21.2 Å². The van der Waals surface area contributed by atoms with Gasteiger partial charge in [0.2, 0.25) is 0 Å². The Morgan fingerprint density at radius 3 is 2.29 bits per heavy atom. The predicted molar refractivity (Wildman–Crippen MR) is 77.1 cm³/mol. The van der Waals surface area contributed by atoms with Gasteiger partial charge in [0, 0.05) is 0 Å². The summed E-state index contributed by atoms with van der Waals surface area (Å²) in [6.45, 7) is 5.43. The molecular weight excluding hydrogens is 379 g/mol. The van der Waals surface area contributed by atoms with Gasteiger partial charge in [-0.2, -0.15) is 0 Å². The van der Waals surface area contributed by atoms with Crippen LogP contribution >= 0.6 is 0 Å². The second-order valence-corrected chi connectivity index (χ2v) is 8.44. The molecule has 21 heavy (non-hydrogen) atoms. The SMILES string of the molecule is CC(C)(C)OC(=O)Oc1cccc([I-]c2ccccc2)c1. The van der Waals surface area contributed by atoms with Crippen LogP contribution in [0.2, 0.25) is 0 Å². The molecule has 0 unspecified atom stereocenters. The second-order valence-electron chi connectivity index (χ2n) is 5.41. The molecule has 2 aromatic rings. The summed E-state index contributed by atoms with van der Waals surface area (Å²) in [6.07, 6.45) is -0.669. The van der Waals surface area contributed by atoms with Gasteiger partial charge in [0.05, 0.1) is 0 Å². The standard InChI is InChI=1S/C17H18IO3/c1-17(2,3)21-16(19)20-15-11-7-10-14(12-15)18-13-8-5-4-6-9-13/h4-12H,1-3H3/q-1. The zero-order valence-electron chi connectivity index (χ0n) is 12.3. The van der Waals surface area contributed by atoms with Gasteiger partial charge in [-0.05, 0) is 0 Å². The van der Waals surface area contributed by atoms with Crippen LogP contribution in [0.1, 0.15) is 20.8 Å². The number of benzene rings is 2. The van der Waals surface area contributed by atoms with Crippen molar-refractivity contribution in [3.05, 3.63) is 61.7 Å². The van der Waals surface area contributed by atoms with Crippen molar-refractivity contribution in [2.24, 2.45) is 0 Å². The molecule has 0 bridgehead atoms. The average Bonchev–Trinajstić information content (AvgIpc) is 2.38. The third-order valence-electron chi connectivity index (χ3n) is 2.34. The third-order valence-corrected chi connectivity index (χ3v) is 4.97. The van der Waals surface area contributed by atoms with Crippen LogP contribution in [0.3, 0.4) is 0 Å². The summed E-state index contributed by atoms with van der Waals surface area (Å²) in [5, 5.41) is 0. The van der Waals surface area contributed by atoms with Crippen LogP contribution in [-0.2, 0) is 4.74 Å². The molecule has 0 aliphatic carbocycles. The zero-order chi connectivity index (χ0) is 15.3. The van der Waals surface area contributed by atoms with Crippen LogP contribution in [0.25, 0.3) is 0 Å². The number of hydrogen-bond acceptors (Lipinski definition) is 3. The molecule has 0 N–H and O–H groups in total. The topological polar surface area (TPSA) is 35.5 Å². The van der Waals surface area contributed by atoms with E-state index in [1.165, 1.54) is 7.14 Å². The van der Waals surface area contributed by atoms with Crippen LogP contribution in [0.4, 0.5) is 4.79 Å². The first-order chi connectivity index (χ1) is 9.92. The number of rotatable bonds is 3. The summed E-state index contributed by atoms with van der Waals surface area (Å²) < 4.78 is 12.9. The van der Waals surface area contributed by atoms with Crippen molar-refractivity contribution in [2.45, 2.75) is 26.4 Å². The van der Waals surface area contributed by atoms with Crippen molar-refractivity contribution in [3.63, 3.8) is 0 Å². The molecule has 0 atom stereocenters. The maximum absolute atomic E-state index is 11.7. The molecule has 2 aromatic carbocycles. The third kappa shape index (κ3) is 5.75. The Labute approximate surface area is 135 Å². The Morgan fingerprint density at radius 2 is 1.62 bits per heavy atom. The van der Waals surface area contributed by atoms with E-state index in [0.717, 1.165) is 0 Å². The molecule has 0 fully saturated rings. The average molecular weight is 397 g/mol. The van der Waals surface area contributed by atoms with E-state index in [9.17, 15) is 4.79 Å². The molecule has 3 nitrogen and oxygen atoms in total. The molecule has 0 heterocycles. The van der Waals surface area contributed by atoms with Gasteiger partial charge in [0.15, 0.2) is 0 Å². The maximum atomic E-state index is 11.7. The van der Waals surface area contributed by atoms with E-state index in [0.29, 0.717) is 5.75 Å². The van der Waals surface area contributed by atoms with Crippen LogP contribution in [-0.4, -0.2) is 11.8 Å². The van der Waals surface area contributed by atoms with Gasteiger partial charge in [-0.1, -0.05) is 0 Å². The Kier molecular flexibility index (Phi) is 5.22. The summed E-state index contributed by atoms with van der Waals surface area (Å²) in [6, 6.07) is 18.0. The van der Waals surface area contributed by atoms with Gasteiger partial charge in [-0.15, -0.1) is 0 Å². The van der Waals surface area contributed by atoms with Gasteiger partial charge >= 0.3 is 135 Å². The Balaban J connectivity index is 2.03. The van der Waals surface area contributed by atoms with Crippen LogP contribution < -0.4 is 25.9 Å². The molecule has 0 saturated heterocycles. The summed E-state index contributed by atoms with van der Waals surface area (Å²) >= 11 is -0.274. The normalized spacial score (nSPS) is 11.2. The molecule has 0 spiro atoms. The van der Waals surface area contributed by atoms with E-state index in [1.54, 1.807) is 6.07 Å². The Morgan fingerprint density at radius 1 is 0.952 bits per heavy atom. The summed E-state index contributed by atoms with van der Waals surface area (Å²) in [5.41, 5.74) is -0.550. The number of hydrogen-bond donors (Lipinski definition) is 0. The quantitative estimate of drug-likeness (QED) is 0.443. The summed E-state index contributed by atoms with van der Waals surface area (Å²) in [7, 11) is 0. The minimum atomic E-state index is -0.669. The number of carbonyl (C=O) groups excluding carboxylic acids is 1. The van der Waals surface area contributed by atoms with Crippen molar-refractivity contribution in [2.75, 3.05) is 0 Å². The van der Waals surface area contributed by atoms with Crippen molar-refractivity contribution in [1.82, 2.24) is 0 Å². The van der Waals surface area contributed by atoms with Crippen molar-refractivity contribution < 1.29 is 35.5 Å². The number of halogens is 1. The Bertz CT molecular complexity index is 603. The molecule has 0 amide bonds. The first-order valence-electron chi connectivity index (χ1n) is 6.63. The Hall–Kier alpha value is -1.56. The van der Waals surface area contributed by atoms with Gasteiger partial charge in [-0.25, -0.2) is 0 Å².